The Balaban J connectivity index is 1.58. The number of carbonyl (C=O) groups is 1. The van der Waals surface area contributed by atoms with Gasteiger partial charge in [-0.05, 0) is 36.4 Å². The zero-order valence-electron chi connectivity index (χ0n) is 14.8. The summed E-state index contributed by atoms with van der Waals surface area (Å²) in [4.78, 5) is 13.6. The van der Waals surface area contributed by atoms with Crippen molar-refractivity contribution >= 4 is 28.2 Å². The van der Waals surface area contributed by atoms with Crippen LogP contribution in [0.3, 0.4) is 0 Å². The van der Waals surface area contributed by atoms with Crippen molar-refractivity contribution in [1.29, 1.82) is 0 Å². The lowest BCUT2D eigenvalue weighted by molar-refractivity contribution is -0.121. The second kappa shape index (κ2) is 7.85. The maximum atomic E-state index is 12.3. The van der Waals surface area contributed by atoms with Crippen molar-refractivity contribution in [1.82, 2.24) is 10.6 Å². The van der Waals surface area contributed by atoms with E-state index in [1.165, 1.54) is 4.88 Å². The van der Waals surface area contributed by atoms with Gasteiger partial charge in [-0.1, -0.05) is 38.1 Å². The van der Waals surface area contributed by atoms with Gasteiger partial charge in [-0.25, -0.2) is 0 Å². The fourth-order valence-electron chi connectivity index (χ4n) is 2.92. The standard InChI is InChI=1S/C20H24N2O2S/c1-13(2)20(18-9-6-10-25-18)21-12-19(23)22-14(3)17-11-15-7-4-5-8-16(15)24-17/h4-11,13-14,20-21H,12H2,1-3H3,(H,22,23)/t14-,20+/m1/s1. The predicted octanol–water partition coefficient (Wildman–Crippen LogP) is 4.66. The van der Waals surface area contributed by atoms with Gasteiger partial charge in [-0.2, -0.15) is 0 Å². The predicted molar refractivity (Wildman–Crippen MR) is 103 cm³/mol. The molecule has 0 aliphatic heterocycles. The minimum Gasteiger partial charge on any atom is -0.459 e. The molecule has 0 spiro atoms. The van der Waals surface area contributed by atoms with Crippen LogP contribution >= 0.6 is 11.3 Å². The van der Waals surface area contributed by atoms with Crippen LogP contribution in [-0.4, -0.2) is 12.5 Å². The van der Waals surface area contributed by atoms with Crippen LogP contribution < -0.4 is 10.6 Å². The Labute approximate surface area is 152 Å². The Hall–Kier alpha value is -2.11. The molecule has 1 amide bonds. The summed E-state index contributed by atoms with van der Waals surface area (Å²) in [5.74, 6) is 1.16. The topological polar surface area (TPSA) is 54.3 Å². The number of para-hydroxylation sites is 1. The van der Waals surface area contributed by atoms with Gasteiger partial charge in [0.2, 0.25) is 5.91 Å². The molecule has 1 aromatic carbocycles. The van der Waals surface area contributed by atoms with E-state index in [4.69, 9.17) is 4.42 Å². The van der Waals surface area contributed by atoms with Crippen molar-refractivity contribution in [2.45, 2.75) is 32.9 Å². The van der Waals surface area contributed by atoms with Gasteiger partial charge in [0.25, 0.3) is 0 Å². The Kier molecular flexibility index (Phi) is 5.56. The minimum absolute atomic E-state index is 0.0323. The van der Waals surface area contributed by atoms with Crippen LogP contribution in [0.25, 0.3) is 11.0 Å². The number of hydrogen-bond donors (Lipinski definition) is 2. The van der Waals surface area contributed by atoms with E-state index >= 15 is 0 Å². The highest BCUT2D eigenvalue weighted by Gasteiger charge is 2.19. The van der Waals surface area contributed by atoms with Gasteiger partial charge in [0, 0.05) is 16.3 Å². The number of benzene rings is 1. The summed E-state index contributed by atoms with van der Waals surface area (Å²) in [6, 6.07) is 14.0. The van der Waals surface area contributed by atoms with Crippen LogP contribution in [0, 0.1) is 5.92 Å². The number of hydrogen-bond acceptors (Lipinski definition) is 4. The highest BCUT2D eigenvalue weighted by Crippen LogP contribution is 2.26. The molecular formula is C20H24N2O2S. The third-order valence-corrected chi connectivity index (χ3v) is 5.20. The Bertz CT molecular complexity index is 790. The molecule has 2 N–H and O–H groups in total. The number of carbonyl (C=O) groups excluding carboxylic acids is 1. The first-order valence-electron chi connectivity index (χ1n) is 8.59. The van der Waals surface area contributed by atoms with E-state index in [0.717, 1.165) is 16.7 Å². The lowest BCUT2D eigenvalue weighted by Crippen LogP contribution is -2.38. The van der Waals surface area contributed by atoms with Crippen LogP contribution in [-0.2, 0) is 4.79 Å². The molecule has 0 bridgehead atoms. The molecule has 0 aliphatic rings. The van der Waals surface area contributed by atoms with Gasteiger partial charge in [0.15, 0.2) is 0 Å². The SMILES string of the molecule is CC(C)[C@H](NCC(=O)N[C@H](C)c1cc2ccccc2o1)c1cccs1. The molecule has 5 heteroatoms. The third-order valence-electron chi connectivity index (χ3n) is 4.25. The number of furan rings is 1. The van der Waals surface area contributed by atoms with E-state index in [-0.39, 0.29) is 24.5 Å². The summed E-state index contributed by atoms with van der Waals surface area (Å²) < 4.78 is 5.82. The normalized spacial score (nSPS) is 13.9. The first kappa shape index (κ1) is 17.7. The number of amides is 1. The fourth-order valence-corrected chi connectivity index (χ4v) is 3.89. The second-order valence-electron chi connectivity index (χ2n) is 6.59. The summed E-state index contributed by atoms with van der Waals surface area (Å²) >= 11 is 1.71. The monoisotopic (exact) mass is 356 g/mol. The van der Waals surface area contributed by atoms with Gasteiger partial charge in [-0.15, -0.1) is 11.3 Å². The van der Waals surface area contributed by atoms with Crippen molar-refractivity contribution in [2.75, 3.05) is 6.54 Å². The molecule has 0 saturated heterocycles. The molecule has 3 rings (SSSR count). The maximum Gasteiger partial charge on any atom is 0.234 e. The molecule has 0 saturated carbocycles. The van der Waals surface area contributed by atoms with Gasteiger partial charge < -0.3 is 15.1 Å². The third kappa shape index (κ3) is 4.30. The van der Waals surface area contributed by atoms with Gasteiger partial charge >= 0.3 is 0 Å². The van der Waals surface area contributed by atoms with Crippen LogP contribution in [0.15, 0.2) is 52.3 Å². The van der Waals surface area contributed by atoms with Crippen molar-refractivity contribution in [2.24, 2.45) is 5.92 Å². The number of thiophene rings is 1. The molecule has 0 radical (unpaired) electrons. The van der Waals surface area contributed by atoms with E-state index < -0.39 is 0 Å². The summed E-state index contributed by atoms with van der Waals surface area (Å²) in [5, 5.41) is 9.49. The molecule has 0 unspecified atom stereocenters. The van der Waals surface area contributed by atoms with Crippen LogP contribution in [0.1, 0.15) is 43.5 Å². The molecule has 4 nitrogen and oxygen atoms in total. The number of rotatable bonds is 7. The maximum absolute atomic E-state index is 12.3. The van der Waals surface area contributed by atoms with E-state index in [2.05, 4.69) is 35.9 Å². The first-order chi connectivity index (χ1) is 12.0. The zero-order chi connectivity index (χ0) is 17.8. The van der Waals surface area contributed by atoms with Gasteiger partial charge in [-0.3, -0.25) is 4.79 Å². The Morgan fingerprint density at radius 1 is 1.16 bits per heavy atom. The van der Waals surface area contributed by atoms with Crippen molar-refractivity contribution in [3.63, 3.8) is 0 Å². The highest BCUT2D eigenvalue weighted by molar-refractivity contribution is 7.10. The zero-order valence-corrected chi connectivity index (χ0v) is 15.6. The molecule has 3 aromatic rings. The van der Waals surface area contributed by atoms with E-state index in [9.17, 15) is 4.79 Å². The molecular weight excluding hydrogens is 332 g/mol. The average molecular weight is 356 g/mol. The lowest BCUT2D eigenvalue weighted by Gasteiger charge is -2.21. The molecule has 2 heterocycles. The molecule has 0 aliphatic carbocycles. The molecule has 2 aromatic heterocycles. The molecule has 2 atom stereocenters. The highest BCUT2D eigenvalue weighted by atomic mass is 32.1. The van der Waals surface area contributed by atoms with E-state index in [1.807, 2.05) is 43.3 Å². The average Bonchev–Trinajstić information content (AvgIpc) is 3.24. The number of fused-ring (bicyclic) bond motifs is 1. The molecule has 25 heavy (non-hydrogen) atoms. The summed E-state index contributed by atoms with van der Waals surface area (Å²) in [6.45, 7) is 6.54. The Morgan fingerprint density at radius 3 is 2.64 bits per heavy atom. The van der Waals surface area contributed by atoms with Crippen LogP contribution in [0.2, 0.25) is 0 Å². The Morgan fingerprint density at radius 2 is 1.96 bits per heavy atom. The lowest BCUT2D eigenvalue weighted by atomic mass is 10.0. The van der Waals surface area contributed by atoms with Gasteiger partial charge in [0.1, 0.15) is 11.3 Å². The minimum atomic E-state index is -0.166. The quantitative estimate of drug-likeness (QED) is 0.647. The fraction of sp³-hybridized carbons (Fsp3) is 0.350. The molecule has 0 fully saturated rings. The largest absolute Gasteiger partial charge is 0.459 e. The van der Waals surface area contributed by atoms with Crippen molar-refractivity contribution < 1.29 is 9.21 Å². The van der Waals surface area contributed by atoms with E-state index in [0.29, 0.717) is 5.92 Å². The summed E-state index contributed by atoms with van der Waals surface area (Å²) in [7, 11) is 0. The first-order valence-corrected chi connectivity index (χ1v) is 9.47. The molecule has 132 valence electrons. The number of nitrogens with one attached hydrogen (secondary N) is 2. The smallest absolute Gasteiger partial charge is 0.234 e. The van der Waals surface area contributed by atoms with Crippen LogP contribution in [0.4, 0.5) is 0 Å². The second-order valence-corrected chi connectivity index (χ2v) is 7.57. The summed E-state index contributed by atoms with van der Waals surface area (Å²) in [5.41, 5.74) is 0.842. The van der Waals surface area contributed by atoms with Crippen molar-refractivity contribution in [3.05, 3.63) is 58.5 Å². The van der Waals surface area contributed by atoms with Crippen LogP contribution in [0.5, 0.6) is 0 Å². The summed E-state index contributed by atoms with van der Waals surface area (Å²) in [6.07, 6.45) is 0. The van der Waals surface area contributed by atoms with E-state index in [1.54, 1.807) is 11.3 Å². The van der Waals surface area contributed by atoms with Crippen molar-refractivity contribution in [3.8, 4) is 0 Å². The van der Waals surface area contributed by atoms with Gasteiger partial charge in [0.05, 0.1) is 12.6 Å².